The largest absolute Gasteiger partial charge is 0.372 e. The topological polar surface area (TPSA) is 61.4 Å². The summed E-state index contributed by atoms with van der Waals surface area (Å²) in [4.78, 5) is 24.4. The lowest BCUT2D eigenvalue weighted by molar-refractivity contribution is 0.0777. The summed E-state index contributed by atoms with van der Waals surface area (Å²) in [6.07, 6.45) is 4.12. The number of nitrogens with zero attached hydrogens (tertiary/aromatic N) is 4. The Kier molecular flexibility index (Phi) is 3.76. The number of likely N-dealkylation sites (N-methyl/N-ethyl adjacent to an activating group) is 1. The van der Waals surface area contributed by atoms with Gasteiger partial charge >= 0.3 is 0 Å². The lowest BCUT2D eigenvalue weighted by atomic mass is 10.2. The summed E-state index contributed by atoms with van der Waals surface area (Å²) >= 11 is 0. The van der Waals surface area contributed by atoms with Crippen molar-refractivity contribution < 1.29 is 4.79 Å². The molecule has 1 aromatic heterocycles. The Morgan fingerprint density at radius 3 is 2.72 bits per heavy atom. The van der Waals surface area contributed by atoms with Crippen LogP contribution in [-0.2, 0) is 0 Å². The SMILES string of the molecule is CNc1cnc(C(=O)N2CCC(N(C)C)C2)cn1. The van der Waals surface area contributed by atoms with Crippen molar-refractivity contribution in [1.82, 2.24) is 19.8 Å². The first-order valence-corrected chi connectivity index (χ1v) is 6.07. The van der Waals surface area contributed by atoms with Crippen LogP contribution in [0.2, 0.25) is 0 Å². The van der Waals surface area contributed by atoms with Crippen LogP contribution >= 0.6 is 0 Å². The Balaban J connectivity index is 2.03. The number of hydrogen-bond donors (Lipinski definition) is 1. The van der Waals surface area contributed by atoms with Gasteiger partial charge in [-0.25, -0.2) is 9.97 Å². The van der Waals surface area contributed by atoms with Gasteiger partial charge < -0.3 is 15.1 Å². The summed E-state index contributed by atoms with van der Waals surface area (Å²) in [6.45, 7) is 1.55. The highest BCUT2D eigenvalue weighted by molar-refractivity contribution is 5.92. The van der Waals surface area contributed by atoms with Gasteiger partial charge in [0.1, 0.15) is 11.5 Å². The Morgan fingerprint density at radius 2 is 2.22 bits per heavy atom. The maximum atomic E-state index is 12.2. The van der Waals surface area contributed by atoms with Crippen molar-refractivity contribution >= 4 is 11.7 Å². The van der Waals surface area contributed by atoms with Gasteiger partial charge in [-0.1, -0.05) is 0 Å². The van der Waals surface area contributed by atoms with Crippen LogP contribution in [0.4, 0.5) is 5.82 Å². The maximum Gasteiger partial charge on any atom is 0.274 e. The van der Waals surface area contributed by atoms with E-state index >= 15 is 0 Å². The van der Waals surface area contributed by atoms with Gasteiger partial charge in [-0.2, -0.15) is 0 Å². The standard InChI is InChI=1S/C12H19N5O/c1-13-11-7-14-10(6-15-11)12(18)17-5-4-9(8-17)16(2)3/h6-7,9H,4-5,8H2,1-3H3,(H,13,15). The molecular formula is C12H19N5O. The van der Waals surface area contributed by atoms with Crippen molar-refractivity contribution in [1.29, 1.82) is 0 Å². The predicted octanol–water partition coefficient (Wildman–Crippen LogP) is 0.294. The van der Waals surface area contributed by atoms with Crippen LogP contribution in [0.1, 0.15) is 16.9 Å². The molecule has 6 nitrogen and oxygen atoms in total. The van der Waals surface area contributed by atoms with Crippen LogP contribution in [0.3, 0.4) is 0 Å². The van der Waals surface area contributed by atoms with E-state index in [1.54, 1.807) is 13.2 Å². The van der Waals surface area contributed by atoms with Gasteiger partial charge in [-0.3, -0.25) is 4.79 Å². The Labute approximate surface area is 107 Å². The third-order valence-electron chi connectivity index (χ3n) is 3.31. The Hall–Kier alpha value is -1.69. The molecule has 0 aromatic carbocycles. The zero-order valence-electron chi connectivity index (χ0n) is 11.1. The van der Waals surface area contributed by atoms with E-state index in [1.807, 2.05) is 19.0 Å². The molecule has 0 radical (unpaired) electrons. The normalized spacial score (nSPS) is 19.3. The number of carbonyl (C=O) groups excluding carboxylic acids is 1. The summed E-state index contributed by atoms with van der Waals surface area (Å²) in [5.74, 6) is 0.633. The molecule has 0 saturated carbocycles. The molecule has 2 rings (SSSR count). The minimum atomic E-state index is -0.0329. The van der Waals surface area contributed by atoms with E-state index in [9.17, 15) is 4.79 Å². The minimum Gasteiger partial charge on any atom is -0.372 e. The number of hydrogen-bond acceptors (Lipinski definition) is 5. The molecule has 1 unspecified atom stereocenters. The first kappa shape index (κ1) is 12.8. The molecule has 6 heteroatoms. The van der Waals surface area contributed by atoms with E-state index in [1.165, 1.54) is 6.20 Å². The first-order chi connectivity index (χ1) is 8.61. The van der Waals surface area contributed by atoms with E-state index < -0.39 is 0 Å². The number of amides is 1. The fourth-order valence-corrected chi connectivity index (χ4v) is 2.08. The van der Waals surface area contributed by atoms with Crippen LogP contribution in [0.5, 0.6) is 0 Å². The second kappa shape index (κ2) is 5.30. The van der Waals surface area contributed by atoms with Gasteiger partial charge in [-0.05, 0) is 20.5 Å². The van der Waals surface area contributed by atoms with E-state index in [0.29, 0.717) is 17.6 Å². The average molecular weight is 249 g/mol. The van der Waals surface area contributed by atoms with Crippen LogP contribution in [0, 0.1) is 0 Å². The summed E-state index contributed by atoms with van der Waals surface area (Å²) in [6, 6.07) is 0.443. The number of likely N-dealkylation sites (tertiary alicyclic amines) is 1. The van der Waals surface area contributed by atoms with E-state index in [-0.39, 0.29) is 5.91 Å². The summed E-state index contributed by atoms with van der Waals surface area (Å²) in [5.41, 5.74) is 0.411. The molecule has 0 spiro atoms. The predicted molar refractivity (Wildman–Crippen MR) is 69.6 cm³/mol. The lowest BCUT2D eigenvalue weighted by Gasteiger charge is -2.20. The first-order valence-electron chi connectivity index (χ1n) is 6.07. The average Bonchev–Trinajstić information content (AvgIpc) is 2.88. The number of anilines is 1. The van der Waals surface area contributed by atoms with Crippen molar-refractivity contribution in [3.63, 3.8) is 0 Å². The molecule has 0 bridgehead atoms. The molecule has 1 aliphatic rings. The van der Waals surface area contributed by atoms with Gasteiger partial charge in [-0.15, -0.1) is 0 Å². The van der Waals surface area contributed by atoms with Crippen LogP contribution in [0.25, 0.3) is 0 Å². The van der Waals surface area contributed by atoms with Gasteiger partial charge in [0.05, 0.1) is 12.4 Å². The zero-order valence-corrected chi connectivity index (χ0v) is 11.1. The van der Waals surface area contributed by atoms with Crippen molar-refractivity contribution in [3.8, 4) is 0 Å². The highest BCUT2D eigenvalue weighted by Gasteiger charge is 2.28. The highest BCUT2D eigenvalue weighted by atomic mass is 16.2. The summed E-state index contributed by atoms with van der Waals surface area (Å²) in [5, 5.41) is 2.88. The molecular weight excluding hydrogens is 230 g/mol. The van der Waals surface area contributed by atoms with Crippen LogP contribution in [0.15, 0.2) is 12.4 Å². The second-order valence-corrected chi connectivity index (χ2v) is 4.69. The van der Waals surface area contributed by atoms with Gasteiger partial charge in [0, 0.05) is 26.2 Å². The number of carbonyl (C=O) groups is 1. The molecule has 1 aromatic rings. The van der Waals surface area contributed by atoms with Crippen molar-refractivity contribution in [2.45, 2.75) is 12.5 Å². The smallest absolute Gasteiger partial charge is 0.274 e. The second-order valence-electron chi connectivity index (χ2n) is 4.69. The Morgan fingerprint density at radius 1 is 1.44 bits per heavy atom. The van der Waals surface area contributed by atoms with E-state index in [4.69, 9.17) is 0 Å². The molecule has 1 atom stereocenters. The Bertz CT molecular complexity index is 417. The van der Waals surface area contributed by atoms with Crippen molar-refractivity contribution in [2.24, 2.45) is 0 Å². The monoisotopic (exact) mass is 249 g/mol. The molecule has 1 saturated heterocycles. The van der Waals surface area contributed by atoms with Crippen LogP contribution in [-0.4, -0.2) is 65.9 Å². The van der Waals surface area contributed by atoms with Gasteiger partial charge in [0.25, 0.3) is 5.91 Å². The molecule has 98 valence electrons. The number of aromatic nitrogens is 2. The summed E-state index contributed by atoms with van der Waals surface area (Å²) in [7, 11) is 5.86. The maximum absolute atomic E-state index is 12.2. The third kappa shape index (κ3) is 2.59. The minimum absolute atomic E-state index is 0.0329. The van der Waals surface area contributed by atoms with Gasteiger partial charge in [0.2, 0.25) is 0 Å². The van der Waals surface area contributed by atoms with Crippen molar-refractivity contribution in [2.75, 3.05) is 39.5 Å². The number of rotatable bonds is 3. The molecule has 18 heavy (non-hydrogen) atoms. The quantitative estimate of drug-likeness (QED) is 0.834. The van der Waals surface area contributed by atoms with E-state index in [0.717, 1.165) is 19.5 Å². The van der Waals surface area contributed by atoms with E-state index in [2.05, 4.69) is 20.2 Å². The molecule has 1 aliphatic heterocycles. The fraction of sp³-hybridized carbons (Fsp3) is 0.583. The molecule has 0 aliphatic carbocycles. The number of nitrogens with one attached hydrogen (secondary N) is 1. The molecule has 1 fully saturated rings. The van der Waals surface area contributed by atoms with Gasteiger partial charge in [0.15, 0.2) is 0 Å². The van der Waals surface area contributed by atoms with Crippen LogP contribution < -0.4 is 5.32 Å². The lowest BCUT2D eigenvalue weighted by Crippen LogP contribution is -2.34. The zero-order chi connectivity index (χ0) is 13.1. The molecule has 1 amide bonds. The highest BCUT2D eigenvalue weighted by Crippen LogP contribution is 2.15. The fourth-order valence-electron chi connectivity index (χ4n) is 2.08. The van der Waals surface area contributed by atoms with Crippen molar-refractivity contribution in [3.05, 3.63) is 18.1 Å². The molecule has 2 heterocycles. The third-order valence-corrected chi connectivity index (χ3v) is 3.31. The molecule has 1 N–H and O–H groups in total. The summed E-state index contributed by atoms with van der Waals surface area (Å²) < 4.78 is 0.